The molecule has 0 atom stereocenters. The van der Waals surface area contributed by atoms with Gasteiger partial charge in [-0.3, -0.25) is 0 Å². The van der Waals surface area contributed by atoms with Crippen molar-refractivity contribution in [3.63, 3.8) is 0 Å². The van der Waals surface area contributed by atoms with Gasteiger partial charge in [-0.2, -0.15) is 13.2 Å². The van der Waals surface area contributed by atoms with Crippen molar-refractivity contribution < 1.29 is 18.3 Å². The number of rotatable bonds is 0. The van der Waals surface area contributed by atoms with Crippen LogP contribution in [0, 0.1) is 0 Å². The predicted molar refractivity (Wildman–Crippen MR) is 104 cm³/mol. The van der Waals surface area contributed by atoms with Crippen LogP contribution < -0.4 is 0 Å². The van der Waals surface area contributed by atoms with Crippen molar-refractivity contribution in [2.75, 3.05) is 0 Å². The smallest absolute Gasteiger partial charge is 0.417 e. The lowest BCUT2D eigenvalue weighted by Gasteiger charge is -2.23. The molecule has 3 aromatic rings. The van der Waals surface area contributed by atoms with Crippen molar-refractivity contribution >= 4 is 42.6 Å². The van der Waals surface area contributed by atoms with Gasteiger partial charge in [0, 0.05) is 25.1 Å². The molecule has 0 radical (unpaired) electrons. The van der Waals surface area contributed by atoms with Gasteiger partial charge < -0.3 is 5.11 Å². The Bertz CT molecular complexity index is 1080. The fraction of sp³-hybridized carbons (Fsp3) is 0.200. The van der Waals surface area contributed by atoms with Crippen LogP contribution in [-0.2, 0) is 11.6 Å². The summed E-state index contributed by atoms with van der Waals surface area (Å²) in [6.45, 7) is 3.91. The molecule has 0 saturated heterocycles. The first kappa shape index (κ1) is 17.9. The fourth-order valence-corrected chi connectivity index (χ4v) is 5.73. The summed E-state index contributed by atoms with van der Waals surface area (Å²) in [5, 5.41) is 10.7. The van der Waals surface area contributed by atoms with Gasteiger partial charge in [-0.1, -0.05) is 57.8 Å². The third-order valence-corrected chi connectivity index (χ3v) is 6.15. The van der Waals surface area contributed by atoms with E-state index in [2.05, 4.69) is 31.9 Å². The largest absolute Gasteiger partial charge is 0.507 e. The Morgan fingerprint density at radius 2 is 1.73 bits per heavy atom. The summed E-state index contributed by atoms with van der Waals surface area (Å²) in [5.41, 5.74) is 1.60. The van der Waals surface area contributed by atoms with E-state index in [4.69, 9.17) is 0 Å². The van der Waals surface area contributed by atoms with Crippen molar-refractivity contribution in [3.05, 3.63) is 62.0 Å². The van der Waals surface area contributed by atoms with Gasteiger partial charge in [0.05, 0.1) is 5.56 Å². The Balaban J connectivity index is 2.29. The van der Waals surface area contributed by atoms with E-state index >= 15 is 0 Å². The SMILES string of the molecule is CC1(C)c2cc(O)c3cccc(C(F)(F)F)c3c2-c2cc(Br)cc(Br)c21. The molecule has 0 unspecified atom stereocenters. The maximum Gasteiger partial charge on any atom is 0.417 e. The standard InChI is InChI=1S/C20H13Br2F3O/c1-19(2)13-8-15(26)10-4-3-5-12(20(23,24)25)16(10)17(13)11-6-9(21)7-14(22)18(11)19/h3-8,26H,1-2H3. The number of fused-ring (bicyclic) bond motifs is 5. The molecule has 0 aromatic heterocycles. The molecule has 0 heterocycles. The molecule has 0 saturated carbocycles. The van der Waals surface area contributed by atoms with Crippen molar-refractivity contribution in [1.82, 2.24) is 0 Å². The Kier molecular flexibility index (Phi) is 3.77. The van der Waals surface area contributed by atoms with Gasteiger partial charge in [0.15, 0.2) is 0 Å². The summed E-state index contributed by atoms with van der Waals surface area (Å²) in [7, 11) is 0. The van der Waals surface area contributed by atoms with E-state index in [-0.39, 0.29) is 16.5 Å². The molecule has 1 nitrogen and oxygen atoms in total. The molecule has 0 fully saturated rings. The molecule has 6 heteroatoms. The second-order valence-corrected chi connectivity index (χ2v) is 8.75. The summed E-state index contributed by atoms with van der Waals surface area (Å²) in [6.07, 6.45) is -4.52. The quantitative estimate of drug-likeness (QED) is 0.351. The highest BCUT2D eigenvalue weighted by Gasteiger charge is 2.42. The Morgan fingerprint density at radius 3 is 2.38 bits per heavy atom. The van der Waals surface area contributed by atoms with E-state index in [1.165, 1.54) is 12.1 Å². The number of alkyl halides is 3. The summed E-state index contributed by atoms with van der Waals surface area (Å²) in [5.74, 6) is -0.138. The molecule has 3 aromatic carbocycles. The third kappa shape index (κ3) is 2.34. The van der Waals surface area contributed by atoms with Crippen LogP contribution in [0.1, 0.15) is 30.5 Å². The topological polar surface area (TPSA) is 20.2 Å². The minimum atomic E-state index is -4.52. The number of hydrogen-bond donors (Lipinski definition) is 1. The molecular formula is C20H13Br2F3O. The lowest BCUT2D eigenvalue weighted by atomic mass is 9.81. The highest BCUT2D eigenvalue weighted by molar-refractivity contribution is 9.11. The fourth-order valence-electron chi connectivity index (χ4n) is 4.01. The van der Waals surface area contributed by atoms with E-state index in [0.29, 0.717) is 11.1 Å². The van der Waals surface area contributed by atoms with Crippen LogP contribution in [0.4, 0.5) is 13.2 Å². The van der Waals surface area contributed by atoms with Crippen LogP contribution in [-0.4, -0.2) is 5.11 Å². The van der Waals surface area contributed by atoms with Crippen LogP contribution >= 0.6 is 31.9 Å². The van der Waals surface area contributed by atoms with Gasteiger partial charge in [-0.15, -0.1) is 0 Å². The molecule has 0 spiro atoms. The van der Waals surface area contributed by atoms with Crippen molar-refractivity contribution in [2.45, 2.75) is 25.4 Å². The van der Waals surface area contributed by atoms with Crippen LogP contribution in [0.5, 0.6) is 5.75 Å². The molecule has 4 rings (SSSR count). The lowest BCUT2D eigenvalue weighted by Crippen LogP contribution is -2.16. The van der Waals surface area contributed by atoms with Gasteiger partial charge in [0.25, 0.3) is 0 Å². The molecule has 1 N–H and O–H groups in total. The predicted octanol–water partition coefficient (Wildman–Crippen LogP) is 7.40. The Labute approximate surface area is 165 Å². The zero-order chi connectivity index (χ0) is 19.0. The van der Waals surface area contributed by atoms with Crippen LogP contribution in [0.25, 0.3) is 21.9 Å². The normalized spacial score (nSPS) is 15.2. The molecule has 0 amide bonds. The van der Waals surface area contributed by atoms with Gasteiger partial charge in [0.2, 0.25) is 0 Å². The van der Waals surface area contributed by atoms with Crippen LogP contribution in [0.3, 0.4) is 0 Å². The number of halogens is 5. The highest BCUT2D eigenvalue weighted by atomic mass is 79.9. The van der Waals surface area contributed by atoms with E-state index < -0.39 is 17.2 Å². The number of aromatic hydroxyl groups is 1. The van der Waals surface area contributed by atoms with Gasteiger partial charge >= 0.3 is 6.18 Å². The number of benzene rings is 3. The zero-order valence-electron chi connectivity index (χ0n) is 13.8. The second-order valence-electron chi connectivity index (χ2n) is 6.98. The average Bonchev–Trinajstić information content (AvgIpc) is 2.73. The summed E-state index contributed by atoms with van der Waals surface area (Å²) >= 11 is 7.00. The van der Waals surface area contributed by atoms with Crippen molar-refractivity contribution in [1.29, 1.82) is 0 Å². The second kappa shape index (κ2) is 5.49. The number of phenolic OH excluding ortho intramolecular Hbond substituents is 1. The van der Waals surface area contributed by atoms with Crippen LogP contribution in [0.2, 0.25) is 0 Å². The number of hydrogen-bond acceptors (Lipinski definition) is 1. The van der Waals surface area contributed by atoms with E-state index in [1.807, 2.05) is 26.0 Å². The molecule has 1 aliphatic carbocycles. The first-order chi connectivity index (χ1) is 12.0. The zero-order valence-corrected chi connectivity index (χ0v) is 17.0. The molecule has 0 bridgehead atoms. The maximum absolute atomic E-state index is 13.7. The van der Waals surface area contributed by atoms with Crippen molar-refractivity contribution in [3.8, 4) is 16.9 Å². The minimum Gasteiger partial charge on any atom is -0.507 e. The first-order valence-corrected chi connectivity index (χ1v) is 9.48. The summed E-state index contributed by atoms with van der Waals surface area (Å²) in [6, 6.07) is 9.25. The lowest BCUT2D eigenvalue weighted by molar-refractivity contribution is -0.136. The van der Waals surface area contributed by atoms with Gasteiger partial charge in [0.1, 0.15) is 5.75 Å². The first-order valence-electron chi connectivity index (χ1n) is 7.89. The van der Waals surface area contributed by atoms with Gasteiger partial charge in [-0.25, -0.2) is 0 Å². The van der Waals surface area contributed by atoms with Crippen molar-refractivity contribution in [2.24, 2.45) is 0 Å². The molecule has 1 aliphatic rings. The molecule has 0 aliphatic heterocycles. The Morgan fingerprint density at radius 1 is 1.04 bits per heavy atom. The molecule has 26 heavy (non-hydrogen) atoms. The van der Waals surface area contributed by atoms with E-state index in [0.717, 1.165) is 26.1 Å². The number of phenols is 1. The van der Waals surface area contributed by atoms with Crippen LogP contribution in [0.15, 0.2) is 45.3 Å². The Hall–Kier alpha value is -1.53. The minimum absolute atomic E-state index is 0.0480. The monoisotopic (exact) mass is 484 g/mol. The average molecular weight is 486 g/mol. The summed E-state index contributed by atoms with van der Waals surface area (Å²) < 4.78 is 42.8. The summed E-state index contributed by atoms with van der Waals surface area (Å²) in [4.78, 5) is 0. The molecular weight excluding hydrogens is 473 g/mol. The molecule has 134 valence electrons. The van der Waals surface area contributed by atoms with E-state index in [1.54, 1.807) is 6.07 Å². The van der Waals surface area contributed by atoms with E-state index in [9.17, 15) is 18.3 Å². The van der Waals surface area contributed by atoms with Gasteiger partial charge in [-0.05, 0) is 46.5 Å². The third-order valence-electron chi connectivity index (χ3n) is 5.07. The highest BCUT2D eigenvalue weighted by Crippen LogP contribution is 2.57. The maximum atomic E-state index is 13.7.